The van der Waals surface area contributed by atoms with Gasteiger partial charge in [0, 0.05) is 17.7 Å². The summed E-state index contributed by atoms with van der Waals surface area (Å²) in [4.78, 5) is 12.4. The topological polar surface area (TPSA) is 37.3 Å². The molecule has 0 aliphatic carbocycles. The molecule has 0 radical (unpaired) electrons. The molecular weight excluding hydrogens is 236 g/mol. The lowest BCUT2D eigenvalue weighted by Crippen LogP contribution is -2.05. The van der Waals surface area contributed by atoms with Gasteiger partial charge in [0.05, 0.1) is 0 Å². The number of carbonyl (C=O) groups excluding carboxylic acids is 1. The molecule has 0 saturated heterocycles. The number of Topliss-reactive ketones (excluding diaryl/α,β-unsaturated/α-hetero) is 1. The molecule has 2 aromatic carbocycles. The molecule has 0 fully saturated rings. The van der Waals surface area contributed by atoms with Crippen molar-refractivity contribution in [2.45, 2.75) is 6.42 Å². The van der Waals surface area contributed by atoms with Crippen molar-refractivity contribution in [2.75, 3.05) is 6.61 Å². The molecule has 2 aromatic rings. The molecule has 2 rings (SSSR count). The second-order valence-corrected chi connectivity index (χ2v) is 4.25. The fourth-order valence-corrected chi connectivity index (χ4v) is 1.90. The second kappa shape index (κ2) is 6.66. The first kappa shape index (κ1) is 13.2. The minimum absolute atomic E-state index is 0.0292. The summed E-state index contributed by atoms with van der Waals surface area (Å²) in [6.07, 6.45) is 2.20. The van der Waals surface area contributed by atoms with E-state index in [-0.39, 0.29) is 12.4 Å². The van der Waals surface area contributed by atoms with E-state index < -0.39 is 0 Å². The van der Waals surface area contributed by atoms with Gasteiger partial charge in [0.25, 0.3) is 0 Å². The first-order valence-corrected chi connectivity index (χ1v) is 6.27. The molecule has 96 valence electrons. The maximum atomic E-state index is 12.4. The second-order valence-electron chi connectivity index (χ2n) is 4.25. The van der Waals surface area contributed by atoms with Crippen molar-refractivity contribution in [3.05, 3.63) is 77.4 Å². The van der Waals surface area contributed by atoms with Gasteiger partial charge in [0.1, 0.15) is 0 Å². The Labute approximate surface area is 113 Å². The zero-order valence-corrected chi connectivity index (χ0v) is 10.6. The normalized spacial score (nSPS) is 11.3. The fraction of sp³-hybridized carbons (Fsp3) is 0.118. The number of aliphatic hydroxyl groups is 1. The smallest absolute Gasteiger partial charge is 0.189 e. The standard InChI is InChI=1S/C17H16O2/c18-12-11-16(13-14-7-3-1-4-8-14)17(19)15-9-5-2-6-10-15/h1-10,13,18H,11-12H2/b16-13-. The van der Waals surface area contributed by atoms with Gasteiger partial charge >= 0.3 is 0 Å². The van der Waals surface area contributed by atoms with E-state index in [0.29, 0.717) is 17.6 Å². The summed E-state index contributed by atoms with van der Waals surface area (Å²) in [5, 5.41) is 9.12. The highest BCUT2D eigenvalue weighted by Gasteiger charge is 2.11. The molecule has 0 unspecified atom stereocenters. The first-order chi connectivity index (χ1) is 9.31. The molecule has 0 atom stereocenters. The van der Waals surface area contributed by atoms with E-state index in [9.17, 15) is 4.79 Å². The average Bonchev–Trinajstić information content (AvgIpc) is 2.48. The predicted octanol–water partition coefficient (Wildman–Crippen LogP) is 3.34. The van der Waals surface area contributed by atoms with Gasteiger partial charge in [-0.3, -0.25) is 4.79 Å². The van der Waals surface area contributed by atoms with Crippen molar-refractivity contribution >= 4 is 11.9 Å². The van der Waals surface area contributed by atoms with Crippen LogP contribution in [-0.4, -0.2) is 17.5 Å². The number of hydrogen-bond acceptors (Lipinski definition) is 2. The molecule has 0 saturated carbocycles. The van der Waals surface area contributed by atoms with Crippen LogP contribution in [0.3, 0.4) is 0 Å². The highest BCUT2D eigenvalue weighted by Crippen LogP contribution is 2.15. The molecule has 2 nitrogen and oxygen atoms in total. The van der Waals surface area contributed by atoms with E-state index in [1.807, 2.05) is 54.6 Å². The summed E-state index contributed by atoms with van der Waals surface area (Å²) >= 11 is 0. The molecule has 0 aliphatic rings. The van der Waals surface area contributed by atoms with E-state index >= 15 is 0 Å². The maximum Gasteiger partial charge on any atom is 0.189 e. The van der Waals surface area contributed by atoms with Gasteiger partial charge in [-0.25, -0.2) is 0 Å². The van der Waals surface area contributed by atoms with Gasteiger partial charge in [-0.2, -0.15) is 0 Å². The van der Waals surface area contributed by atoms with Crippen LogP contribution in [0.4, 0.5) is 0 Å². The Balaban J connectivity index is 2.31. The lowest BCUT2D eigenvalue weighted by atomic mass is 9.99. The van der Waals surface area contributed by atoms with Crippen LogP contribution in [-0.2, 0) is 0 Å². The number of carbonyl (C=O) groups is 1. The maximum absolute atomic E-state index is 12.4. The van der Waals surface area contributed by atoms with Crippen LogP contribution >= 0.6 is 0 Å². The molecular formula is C17H16O2. The highest BCUT2D eigenvalue weighted by atomic mass is 16.3. The SMILES string of the molecule is O=C(/C(=C\c1ccccc1)CCO)c1ccccc1. The Kier molecular flexibility index (Phi) is 4.65. The van der Waals surface area contributed by atoms with Gasteiger partial charge in [0.2, 0.25) is 0 Å². The minimum Gasteiger partial charge on any atom is -0.396 e. The van der Waals surface area contributed by atoms with Crippen molar-refractivity contribution in [1.29, 1.82) is 0 Å². The van der Waals surface area contributed by atoms with Crippen LogP contribution in [0.1, 0.15) is 22.3 Å². The molecule has 2 heteroatoms. The van der Waals surface area contributed by atoms with Gasteiger partial charge in [0.15, 0.2) is 5.78 Å². The van der Waals surface area contributed by atoms with E-state index in [0.717, 1.165) is 5.56 Å². The van der Waals surface area contributed by atoms with Crippen LogP contribution < -0.4 is 0 Å². The minimum atomic E-state index is -0.0305. The molecule has 0 aromatic heterocycles. The van der Waals surface area contributed by atoms with Crippen LogP contribution in [0.5, 0.6) is 0 Å². The van der Waals surface area contributed by atoms with E-state index in [2.05, 4.69) is 0 Å². The molecule has 0 aliphatic heterocycles. The van der Waals surface area contributed by atoms with E-state index in [4.69, 9.17) is 5.11 Å². The van der Waals surface area contributed by atoms with Crippen molar-refractivity contribution in [1.82, 2.24) is 0 Å². The molecule has 0 amide bonds. The number of hydrogen-bond donors (Lipinski definition) is 1. The zero-order valence-electron chi connectivity index (χ0n) is 10.6. The van der Waals surface area contributed by atoms with Gasteiger partial charge in [-0.15, -0.1) is 0 Å². The summed E-state index contributed by atoms with van der Waals surface area (Å²) in [5.41, 5.74) is 2.24. The highest BCUT2D eigenvalue weighted by molar-refractivity contribution is 6.11. The monoisotopic (exact) mass is 252 g/mol. The molecule has 0 spiro atoms. The summed E-state index contributed by atoms with van der Waals surface area (Å²) in [6.45, 7) is -0.0305. The summed E-state index contributed by atoms with van der Waals surface area (Å²) < 4.78 is 0. The molecule has 0 bridgehead atoms. The van der Waals surface area contributed by atoms with Crippen LogP contribution in [0, 0.1) is 0 Å². The molecule has 0 heterocycles. The lowest BCUT2D eigenvalue weighted by molar-refractivity contribution is 0.102. The summed E-state index contributed by atoms with van der Waals surface area (Å²) in [7, 11) is 0. The predicted molar refractivity (Wildman–Crippen MR) is 76.9 cm³/mol. The van der Waals surface area contributed by atoms with Crippen LogP contribution in [0.15, 0.2) is 66.2 Å². The van der Waals surface area contributed by atoms with Gasteiger partial charge in [-0.1, -0.05) is 60.7 Å². The number of benzene rings is 2. The third-order valence-electron chi connectivity index (χ3n) is 2.85. The molecule has 1 N–H and O–H groups in total. The number of ketones is 1. The van der Waals surface area contributed by atoms with Crippen molar-refractivity contribution in [3.8, 4) is 0 Å². The molecule has 19 heavy (non-hydrogen) atoms. The fourth-order valence-electron chi connectivity index (χ4n) is 1.90. The van der Waals surface area contributed by atoms with Crippen molar-refractivity contribution in [2.24, 2.45) is 0 Å². The van der Waals surface area contributed by atoms with E-state index in [1.54, 1.807) is 12.1 Å². The quantitative estimate of drug-likeness (QED) is 0.654. The Hall–Kier alpha value is -2.19. The third kappa shape index (κ3) is 3.63. The largest absolute Gasteiger partial charge is 0.396 e. The van der Waals surface area contributed by atoms with Crippen molar-refractivity contribution < 1.29 is 9.90 Å². The first-order valence-electron chi connectivity index (χ1n) is 6.27. The Morgan fingerprint density at radius 1 is 0.947 bits per heavy atom. The Morgan fingerprint density at radius 3 is 2.11 bits per heavy atom. The van der Waals surface area contributed by atoms with E-state index in [1.165, 1.54) is 0 Å². The van der Waals surface area contributed by atoms with Crippen molar-refractivity contribution in [3.63, 3.8) is 0 Å². The zero-order chi connectivity index (χ0) is 13.5. The summed E-state index contributed by atoms with van der Waals surface area (Å²) in [5.74, 6) is -0.0292. The Morgan fingerprint density at radius 2 is 1.53 bits per heavy atom. The number of aliphatic hydroxyl groups excluding tert-OH is 1. The third-order valence-corrected chi connectivity index (χ3v) is 2.85. The summed E-state index contributed by atoms with van der Waals surface area (Å²) in [6, 6.07) is 18.8. The van der Waals surface area contributed by atoms with Gasteiger partial charge in [-0.05, 0) is 18.1 Å². The Bertz CT molecular complexity index is 556. The van der Waals surface area contributed by atoms with Crippen LogP contribution in [0.2, 0.25) is 0 Å². The lowest BCUT2D eigenvalue weighted by Gasteiger charge is -2.05. The average molecular weight is 252 g/mol. The number of rotatable bonds is 5. The van der Waals surface area contributed by atoms with Gasteiger partial charge < -0.3 is 5.11 Å². The van der Waals surface area contributed by atoms with Crippen LogP contribution in [0.25, 0.3) is 6.08 Å².